The van der Waals surface area contributed by atoms with Crippen LogP contribution in [0.2, 0.25) is 0 Å². The number of aliphatic carboxylic acids is 1. The maximum atomic E-state index is 12.4. The smallest absolute Gasteiger partial charge is 0.341 e. The van der Waals surface area contributed by atoms with Crippen LogP contribution in [0.15, 0.2) is 48.5 Å². The SMILES string of the molecule is CCN(CC)c1ccc(C=CC(=O)c2ccc(OCC(=O)O)c(OC)c2)cc1. The molecule has 2 aromatic rings. The van der Waals surface area contributed by atoms with E-state index in [1.54, 1.807) is 12.1 Å². The number of carboxylic acid groups (broad SMARTS) is 1. The summed E-state index contributed by atoms with van der Waals surface area (Å²) >= 11 is 0. The van der Waals surface area contributed by atoms with Gasteiger partial charge in [0.25, 0.3) is 0 Å². The van der Waals surface area contributed by atoms with Crippen LogP contribution < -0.4 is 14.4 Å². The lowest BCUT2D eigenvalue weighted by Gasteiger charge is -2.20. The third kappa shape index (κ3) is 5.61. The Bertz CT molecular complexity index is 839. The topological polar surface area (TPSA) is 76.1 Å². The van der Waals surface area contributed by atoms with Crippen LogP contribution in [0.25, 0.3) is 6.08 Å². The molecule has 6 heteroatoms. The van der Waals surface area contributed by atoms with Crippen molar-refractivity contribution in [2.75, 3.05) is 31.7 Å². The van der Waals surface area contributed by atoms with E-state index in [-0.39, 0.29) is 11.5 Å². The highest BCUT2D eigenvalue weighted by Gasteiger charge is 2.11. The van der Waals surface area contributed by atoms with Gasteiger partial charge >= 0.3 is 5.97 Å². The van der Waals surface area contributed by atoms with Crippen molar-refractivity contribution < 1.29 is 24.2 Å². The molecule has 0 amide bonds. The Kier molecular flexibility index (Phi) is 7.63. The number of carboxylic acids is 1. The molecule has 6 nitrogen and oxygen atoms in total. The van der Waals surface area contributed by atoms with E-state index in [4.69, 9.17) is 14.6 Å². The lowest BCUT2D eigenvalue weighted by atomic mass is 10.1. The lowest BCUT2D eigenvalue weighted by Crippen LogP contribution is -2.21. The molecule has 0 spiro atoms. The van der Waals surface area contributed by atoms with Gasteiger partial charge in [-0.3, -0.25) is 4.79 Å². The lowest BCUT2D eigenvalue weighted by molar-refractivity contribution is -0.139. The van der Waals surface area contributed by atoms with Crippen LogP contribution in [-0.2, 0) is 4.79 Å². The fourth-order valence-electron chi connectivity index (χ4n) is 2.73. The summed E-state index contributed by atoms with van der Waals surface area (Å²) in [7, 11) is 1.44. The Morgan fingerprint density at radius 3 is 2.29 bits per heavy atom. The van der Waals surface area contributed by atoms with Crippen LogP contribution in [0.5, 0.6) is 11.5 Å². The number of ketones is 1. The first-order valence-corrected chi connectivity index (χ1v) is 9.08. The Labute approximate surface area is 165 Å². The molecule has 148 valence electrons. The number of anilines is 1. The van der Waals surface area contributed by atoms with E-state index in [0.717, 1.165) is 24.3 Å². The van der Waals surface area contributed by atoms with Gasteiger partial charge in [0.05, 0.1) is 7.11 Å². The zero-order valence-electron chi connectivity index (χ0n) is 16.3. The van der Waals surface area contributed by atoms with E-state index in [2.05, 4.69) is 18.7 Å². The van der Waals surface area contributed by atoms with Crippen molar-refractivity contribution >= 4 is 23.5 Å². The van der Waals surface area contributed by atoms with Gasteiger partial charge in [0.1, 0.15) is 0 Å². The Hall–Kier alpha value is -3.28. The average Bonchev–Trinajstić information content (AvgIpc) is 2.72. The molecule has 0 aliphatic heterocycles. The second kappa shape index (κ2) is 10.2. The third-order valence-electron chi connectivity index (χ3n) is 4.25. The van der Waals surface area contributed by atoms with E-state index in [9.17, 15) is 9.59 Å². The summed E-state index contributed by atoms with van der Waals surface area (Å²) in [6.45, 7) is 5.63. The van der Waals surface area contributed by atoms with Gasteiger partial charge in [-0.25, -0.2) is 4.79 Å². The molecule has 0 aromatic heterocycles. The molecule has 1 N–H and O–H groups in total. The number of hydrogen-bond donors (Lipinski definition) is 1. The minimum atomic E-state index is -1.09. The number of ether oxygens (including phenoxy) is 2. The highest BCUT2D eigenvalue weighted by Crippen LogP contribution is 2.28. The van der Waals surface area contributed by atoms with Crippen molar-refractivity contribution in [3.63, 3.8) is 0 Å². The summed E-state index contributed by atoms with van der Waals surface area (Å²) in [5.74, 6) is -0.686. The first-order chi connectivity index (χ1) is 13.5. The van der Waals surface area contributed by atoms with Crippen LogP contribution in [0.3, 0.4) is 0 Å². The van der Waals surface area contributed by atoms with Gasteiger partial charge in [0.15, 0.2) is 23.9 Å². The highest BCUT2D eigenvalue weighted by molar-refractivity contribution is 6.07. The van der Waals surface area contributed by atoms with Crippen molar-refractivity contribution in [2.45, 2.75) is 13.8 Å². The minimum Gasteiger partial charge on any atom is -0.493 e. The number of allylic oxidation sites excluding steroid dienone is 1. The predicted molar refractivity (Wildman–Crippen MR) is 109 cm³/mol. The van der Waals surface area contributed by atoms with Gasteiger partial charge in [-0.05, 0) is 55.8 Å². The van der Waals surface area contributed by atoms with Gasteiger partial charge in [0.2, 0.25) is 0 Å². The van der Waals surface area contributed by atoms with Gasteiger partial charge in [-0.15, -0.1) is 0 Å². The van der Waals surface area contributed by atoms with Crippen LogP contribution in [0.1, 0.15) is 29.8 Å². The third-order valence-corrected chi connectivity index (χ3v) is 4.25. The van der Waals surface area contributed by atoms with Crippen LogP contribution >= 0.6 is 0 Å². The Morgan fingerprint density at radius 2 is 1.71 bits per heavy atom. The minimum absolute atomic E-state index is 0.184. The summed E-state index contributed by atoms with van der Waals surface area (Å²) in [5.41, 5.74) is 2.50. The van der Waals surface area contributed by atoms with Gasteiger partial charge in [-0.1, -0.05) is 18.2 Å². The molecular formula is C22H25NO5. The molecule has 0 radical (unpaired) electrons. The number of carbonyl (C=O) groups is 2. The largest absolute Gasteiger partial charge is 0.493 e. The van der Waals surface area contributed by atoms with Crippen molar-refractivity contribution in [3.8, 4) is 11.5 Å². The molecular weight excluding hydrogens is 358 g/mol. The van der Waals surface area contributed by atoms with Crippen molar-refractivity contribution in [3.05, 3.63) is 59.7 Å². The molecule has 2 rings (SSSR count). The van der Waals surface area contributed by atoms with E-state index in [1.165, 1.54) is 25.3 Å². The van der Waals surface area contributed by atoms with Gasteiger partial charge in [-0.2, -0.15) is 0 Å². The standard InChI is InChI=1S/C22H25NO5/c1-4-23(5-2)18-10-6-16(7-11-18)8-12-19(24)17-9-13-20(21(14-17)27-3)28-15-22(25)26/h6-14H,4-5,15H2,1-3H3,(H,25,26). The monoisotopic (exact) mass is 383 g/mol. The molecule has 28 heavy (non-hydrogen) atoms. The molecule has 0 saturated carbocycles. The van der Waals surface area contributed by atoms with Crippen molar-refractivity contribution in [1.82, 2.24) is 0 Å². The second-order valence-corrected chi connectivity index (χ2v) is 6.01. The Balaban J connectivity index is 2.10. The summed E-state index contributed by atoms with van der Waals surface area (Å²) in [5, 5.41) is 8.70. The summed E-state index contributed by atoms with van der Waals surface area (Å²) in [4.78, 5) is 25.3. The molecule has 0 aliphatic rings. The molecule has 0 bridgehead atoms. The van der Waals surface area contributed by atoms with Crippen molar-refractivity contribution in [2.24, 2.45) is 0 Å². The predicted octanol–water partition coefficient (Wildman–Crippen LogP) is 3.90. The quantitative estimate of drug-likeness (QED) is 0.495. The summed E-state index contributed by atoms with van der Waals surface area (Å²) in [6, 6.07) is 12.7. The van der Waals surface area contributed by atoms with E-state index in [0.29, 0.717) is 11.3 Å². The molecule has 2 aromatic carbocycles. The number of methoxy groups -OCH3 is 1. The first kappa shape index (κ1) is 21.0. The van der Waals surface area contributed by atoms with Gasteiger partial charge in [0, 0.05) is 24.3 Å². The molecule has 0 unspecified atom stereocenters. The number of nitrogens with zero attached hydrogens (tertiary/aromatic N) is 1. The summed E-state index contributed by atoms with van der Waals surface area (Å²) in [6.07, 6.45) is 3.26. The maximum Gasteiger partial charge on any atom is 0.341 e. The normalized spacial score (nSPS) is 10.7. The fourth-order valence-corrected chi connectivity index (χ4v) is 2.73. The van der Waals surface area contributed by atoms with E-state index >= 15 is 0 Å². The molecule has 0 saturated heterocycles. The van der Waals surface area contributed by atoms with E-state index in [1.807, 2.05) is 24.3 Å². The first-order valence-electron chi connectivity index (χ1n) is 9.08. The second-order valence-electron chi connectivity index (χ2n) is 6.01. The van der Waals surface area contributed by atoms with Crippen LogP contribution in [0, 0.1) is 0 Å². The van der Waals surface area contributed by atoms with Crippen molar-refractivity contribution in [1.29, 1.82) is 0 Å². The fraction of sp³-hybridized carbons (Fsp3) is 0.273. The van der Waals surface area contributed by atoms with E-state index < -0.39 is 12.6 Å². The van der Waals surface area contributed by atoms with Crippen LogP contribution in [-0.4, -0.2) is 43.7 Å². The number of hydrogen-bond acceptors (Lipinski definition) is 5. The zero-order chi connectivity index (χ0) is 20.5. The van der Waals surface area contributed by atoms with Crippen LogP contribution in [0.4, 0.5) is 5.69 Å². The number of rotatable bonds is 10. The Morgan fingerprint density at radius 1 is 1.04 bits per heavy atom. The molecule has 0 heterocycles. The number of carbonyl (C=O) groups excluding carboxylic acids is 1. The average molecular weight is 383 g/mol. The zero-order valence-corrected chi connectivity index (χ0v) is 16.3. The molecule has 0 fully saturated rings. The molecule has 0 aliphatic carbocycles. The molecule has 0 atom stereocenters. The maximum absolute atomic E-state index is 12.4. The van der Waals surface area contributed by atoms with Gasteiger partial charge < -0.3 is 19.5 Å². The number of benzene rings is 2. The highest BCUT2D eigenvalue weighted by atomic mass is 16.5. The summed E-state index contributed by atoms with van der Waals surface area (Å²) < 4.78 is 10.3.